The summed E-state index contributed by atoms with van der Waals surface area (Å²) in [6.07, 6.45) is 3.59. The molecule has 1 N–H and O–H groups in total. The van der Waals surface area contributed by atoms with Crippen LogP contribution in [0.4, 0.5) is 10.1 Å². The number of carboxylic acids is 1. The Morgan fingerprint density at radius 2 is 2.00 bits per heavy atom. The van der Waals surface area contributed by atoms with E-state index in [1.807, 2.05) is 17.0 Å². The van der Waals surface area contributed by atoms with Gasteiger partial charge in [-0.15, -0.1) is 0 Å². The fraction of sp³-hybridized carbons (Fsp3) is 0.435. The maximum absolute atomic E-state index is 14.5. The number of carbonyl (C=O) groups is 1. The molecule has 2 aliphatic rings. The van der Waals surface area contributed by atoms with Crippen molar-refractivity contribution in [3.05, 3.63) is 58.9 Å². The second-order valence-corrected chi connectivity index (χ2v) is 7.85. The van der Waals surface area contributed by atoms with Gasteiger partial charge in [0.25, 0.3) is 0 Å². The maximum Gasteiger partial charge on any atom is 0.303 e. The van der Waals surface area contributed by atoms with E-state index in [4.69, 9.17) is 14.6 Å². The lowest BCUT2D eigenvalue weighted by Gasteiger charge is -2.35. The first kappa shape index (κ1) is 19.7. The number of benzene rings is 2. The van der Waals surface area contributed by atoms with Gasteiger partial charge in [-0.3, -0.25) is 4.79 Å². The van der Waals surface area contributed by atoms with Gasteiger partial charge >= 0.3 is 5.97 Å². The van der Waals surface area contributed by atoms with Gasteiger partial charge in [0.05, 0.1) is 11.8 Å². The zero-order chi connectivity index (χ0) is 20.4. The van der Waals surface area contributed by atoms with Gasteiger partial charge in [0.15, 0.2) is 0 Å². The van der Waals surface area contributed by atoms with Crippen molar-refractivity contribution >= 4 is 11.7 Å². The minimum atomic E-state index is -0.786. The molecule has 0 spiro atoms. The average Bonchev–Trinajstić information content (AvgIpc) is 2.69. The summed E-state index contributed by atoms with van der Waals surface area (Å²) in [4.78, 5) is 12.8. The number of rotatable bonds is 7. The molecular weight excluding hydrogens is 373 g/mol. The Balaban J connectivity index is 1.44. The Hall–Kier alpha value is -2.60. The molecule has 0 atom stereocenters. The van der Waals surface area contributed by atoms with Crippen molar-refractivity contribution in [2.75, 3.05) is 18.6 Å². The summed E-state index contributed by atoms with van der Waals surface area (Å²) >= 11 is 0. The fourth-order valence-electron chi connectivity index (χ4n) is 4.03. The van der Waals surface area contributed by atoms with Crippen LogP contribution in [-0.2, 0) is 28.9 Å². The predicted molar refractivity (Wildman–Crippen MR) is 108 cm³/mol. The van der Waals surface area contributed by atoms with Gasteiger partial charge in [0, 0.05) is 45.5 Å². The molecule has 5 nitrogen and oxygen atoms in total. The zero-order valence-electron chi connectivity index (χ0n) is 16.6. The van der Waals surface area contributed by atoms with E-state index in [-0.39, 0.29) is 24.4 Å². The summed E-state index contributed by atoms with van der Waals surface area (Å²) in [6, 6.07) is 11.1. The highest BCUT2D eigenvalue weighted by molar-refractivity contribution is 5.67. The molecule has 29 heavy (non-hydrogen) atoms. The van der Waals surface area contributed by atoms with Gasteiger partial charge < -0.3 is 19.5 Å². The molecule has 1 aliphatic heterocycles. The lowest BCUT2D eigenvalue weighted by atomic mass is 9.92. The molecule has 0 amide bonds. The van der Waals surface area contributed by atoms with Crippen LogP contribution >= 0.6 is 0 Å². The number of halogens is 1. The third kappa shape index (κ3) is 4.53. The molecule has 2 aromatic rings. The number of hydrogen-bond donors (Lipinski definition) is 1. The zero-order valence-corrected chi connectivity index (χ0v) is 16.6. The van der Waals surface area contributed by atoms with E-state index in [0.717, 1.165) is 30.4 Å². The highest BCUT2D eigenvalue weighted by Gasteiger charge is 2.31. The Morgan fingerprint density at radius 3 is 2.76 bits per heavy atom. The maximum atomic E-state index is 14.5. The topological polar surface area (TPSA) is 59.0 Å². The lowest BCUT2D eigenvalue weighted by molar-refractivity contribution is -0.136. The number of nitrogens with zero attached hydrogens (tertiary/aromatic N) is 1. The highest BCUT2D eigenvalue weighted by Crippen LogP contribution is 2.33. The molecule has 0 bridgehead atoms. The summed E-state index contributed by atoms with van der Waals surface area (Å²) in [5.41, 5.74) is 3.97. The molecule has 0 unspecified atom stereocenters. The van der Waals surface area contributed by atoms with Gasteiger partial charge in [0.2, 0.25) is 0 Å². The normalized spacial score (nSPS) is 20.7. The first-order valence-electron chi connectivity index (χ1n) is 10.1. The fourth-order valence-corrected chi connectivity index (χ4v) is 4.03. The van der Waals surface area contributed by atoms with Crippen molar-refractivity contribution in [1.29, 1.82) is 0 Å². The first-order chi connectivity index (χ1) is 14.0. The second-order valence-electron chi connectivity index (χ2n) is 7.85. The number of aliphatic carboxylic acids is 1. The van der Waals surface area contributed by atoms with E-state index in [1.54, 1.807) is 19.2 Å². The van der Waals surface area contributed by atoms with Crippen LogP contribution in [0.15, 0.2) is 36.4 Å². The van der Waals surface area contributed by atoms with Crippen molar-refractivity contribution in [2.24, 2.45) is 0 Å². The van der Waals surface area contributed by atoms with Crippen LogP contribution < -0.4 is 9.64 Å². The van der Waals surface area contributed by atoms with Crippen molar-refractivity contribution in [1.82, 2.24) is 0 Å². The van der Waals surface area contributed by atoms with Gasteiger partial charge in [-0.1, -0.05) is 18.2 Å². The van der Waals surface area contributed by atoms with Crippen molar-refractivity contribution in [3.63, 3.8) is 0 Å². The molecule has 1 saturated carbocycles. The molecular formula is C23H26FNO4. The van der Waals surface area contributed by atoms with Crippen LogP contribution in [0.1, 0.15) is 36.0 Å². The van der Waals surface area contributed by atoms with Crippen LogP contribution in [0, 0.1) is 5.82 Å². The van der Waals surface area contributed by atoms with Gasteiger partial charge in [-0.05, 0) is 41.7 Å². The number of carboxylic acid groups (broad SMARTS) is 1. The predicted octanol–water partition coefficient (Wildman–Crippen LogP) is 3.96. The molecule has 1 fully saturated rings. The quantitative estimate of drug-likeness (QED) is 0.764. The van der Waals surface area contributed by atoms with E-state index < -0.39 is 5.97 Å². The van der Waals surface area contributed by atoms with Crippen molar-refractivity contribution in [2.45, 2.75) is 50.9 Å². The largest absolute Gasteiger partial charge is 0.490 e. The molecule has 1 aliphatic carbocycles. The van der Waals surface area contributed by atoms with Crippen LogP contribution in [-0.4, -0.2) is 36.9 Å². The molecule has 0 radical (unpaired) electrons. The molecule has 0 saturated heterocycles. The second kappa shape index (κ2) is 8.41. The lowest BCUT2D eigenvalue weighted by Crippen LogP contribution is -2.38. The third-order valence-corrected chi connectivity index (χ3v) is 5.86. The monoisotopic (exact) mass is 399 g/mol. The number of ether oxygens (including phenoxy) is 2. The van der Waals surface area contributed by atoms with E-state index in [2.05, 4.69) is 6.07 Å². The first-order valence-corrected chi connectivity index (χ1v) is 10.1. The Bertz CT molecular complexity index is 894. The Labute approximate surface area is 170 Å². The van der Waals surface area contributed by atoms with Gasteiger partial charge in [-0.25, -0.2) is 4.39 Å². The smallest absolute Gasteiger partial charge is 0.303 e. The SMILES string of the molecule is CO[C@H]1C[C@H](Oc2ccc(F)c(N3CCc4cc(CCC(=O)O)ccc4C3)c2)C1. The summed E-state index contributed by atoms with van der Waals surface area (Å²) in [7, 11) is 1.71. The van der Waals surface area contributed by atoms with Crippen LogP contribution in [0.25, 0.3) is 0 Å². The molecule has 0 aromatic heterocycles. The number of aryl methyl sites for hydroxylation is 1. The van der Waals surface area contributed by atoms with Gasteiger partial charge in [-0.2, -0.15) is 0 Å². The minimum absolute atomic E-state index is 0.129. The molecule has 1 heterocycles. The minimum Gasteiger partial charge on any atom is -0.490 e. The molecule has 6 heteroatoms. The standard InChI is InChI=1S/C23H26FNO4/c1-28-19-11-20(12-19)29-18-5-6-21(24)22(13-18)25-9-8-16-10-15(3-7-23(26)27)2-4-17(16)14-25/h2,4-6,10,13,19-20H,3,7-9,11-12,14H2,1H3,(H,26,27)/t19-,20-. The molecule has 2 aromatic carbocycles. The van der Waals surface area contributed by atoms with E-state index >= 15 is 0 Å². The Morgan fingerprint density at radius 1 is 1.17 bits per heavy atom. The number of hydrogen-bond acceptors (Lipinski definition) is 4. The van der Waals surface area contributed by atoms with E-state index in [0.29, 0.717) is 30.9 Å². The van der Waals surface area contributed by atoms with E-state index in [1.165, 1.54) is 11.6 Å². The molecule has 4 rings (SSSR count). The van der Waals surface area contributed by atoms with Crippen LogP contribution in [0.2, 0.25) is 0 Å². The van der Waals surface area contributed by atoms with Crippen molar-refractivity contribution < 1.29 is 23.8 Å². The van der Waals surface area contributed by atoms with Gasteiger partial charge in [0.1, 0.15) is 17.7 Å². The average molecular weight is 399 g/mol. The number of anilines is 1. The van der Waals surface area contributed by atoms with Crippen molar-refractivity contribution in [3.8, 4) is 5.75 Å². The number of methoxy groups -OCH3 is 1. The summed E-state index contributed by atoms with van der Waals surface area (Å²) in [6.45, 7) is 1.34. The van der Waals surface area contributed by atoms with Crippen LogP contribution in [0.5, 0.6) is 5.75 Å². The summed E-state index contributed by atoms with van der Waals surface area (Å²) < 4.78 is 25.8. The summed E-state index contributed by atoms with van der Waals surface area (Å²) in [5, 5.41) is 8.86. The Kier molecular flexibility index (Phi) is 5.72. The van der Waals surface area contributed by atoms with E-state index in [9.17, 15) is 9.18 Å². The van der Waals surface area contributed by atoms with Crippen LogP contribution in [0.3, 0.4) is 0 Å². The highest BCUT2D eigenvalue weighted by atomic mass is 19.1. The third-order valence-electron chi connectivity index (χ3n) is 5.86. The molecule has 154 valence electrons. The number of fused-ring (bicyclic) bond motifs is 1. The summed E-state index contributed by atoms with van der Waals surface area (Å²) in [5.74, 6) is -0.343.